The van der Waals surface area contributed by atoms with Gasteiger partial charge in [-0.3, -0.25) is 24.2 Å². The number of nitrogens with zero attached hydrogens (tertiary/aromatic N) is 5. The summed E-state index contributed by atoms with van der Waals surface area (Å²) in [5.74, 6) is 0.541. The SMILES string of the molecule is COc1ccc(Cn2c(=O)c([N+](=O)[O-])c(-c3cnn(Cc4ccccc4C(F)(F)F)c3)n(Cc3ccoc3)c2=O)cc1. The molecule has 0 amide bonds. The minimum absolute atomic E-state index is 0.000446. The molecule has 0 aliphatic carbocycles. The molecule has 2 aromatic carbocycles. The summed E-state index contributed by atoms with van der Waals surface area (Å²) in [6, 6.07) is 13.0. The summed E-state index contributed by atoms with van der Waals surface area (Å²) in [5, 5.41) is 16.4. The van der Waals surface area contributed by atoms with Crippen LogP contribution < -0.4 is 16.0 Å². The number of halogens is 3. The minimum Gasteiger partial charge on any atom is -0.497 e. The number of hydrogen-bond acceptors (Lipinski definition) is 7. The molecular formula is C28H22F3N5O6. The van der Waals surface area contributed by atoms with Gasteiger partial charge in [0.2, 0.25) is 0 Å². The van der Waals surface area contributed by atoms with Crippen LogP contribution in [0.3, 0.4) is 0 Å². The minimum atomic E-state index is -4.61. The van der Waals surface area contributed by atoms with Crippen molar-refractivity contribution < 1.29 is 27.2 Å². The lowest BCUT2D eigenvalue weighted by Gasteiger charge is -2.15. The van der Waals surface area contributed by atoms with Crippen LogP contribution in [-0.4, -0.2) is 30.9 Å². The molecule has 0 fully saturated rings. The third-order valence-electron chi connectivity index (χ3n) is 6.57. The van der Waals surface area contributed by atoms with Crippen LogP contribution in [0.2, 0.25) is 0 Å². The van der Waals surface area contributed by atoms with Gasteiger partial charge >= 0.3 is 23.1 Å². The molecule has 11 nitrogen and oxygen atoms in total. The molecule has 0 aliphatic heterocycles. The number of hydrogen-bond donors (Lipinski definition) is 0. The Morgan fingerprint density at radius 1 is 0.976 bits per heavy atom. The van der Waals surface area contributed by atoms with Gasteiger partial charge in [0.05, 0.1) is 56.0 Å². The van der Waals surface area contributed by atoms with Gasteiger partial charge in [0.25, 0.3) is 0 Å². The van der Waals surface area contributed by atoms with Crippen LogP contribution in [0, 0.1) is 10.1 Å². The van der Waals surface area contributed by atoms with E-state index in [4.69, 9.17) is 9.15 Å². The fourth-order valence-electron chi connectivity index (χ4n) is 4.59. The fraction of sp³-hybridized carbons (Fsp3) is 0.179. The number of alkyl halides is 3. The molecular weight excluding hydrogens is 559 g/mol. The van der Waals surface area contributed by atoms with Crippen molar-refractivity contribution >= 4 is 5.69 Å². The van der Waals surface area contributed by atoms with E-state index in [0.29, 0.717) is 16.9 Å². The maximum absolute atomic E-state index is 13.8. The Morgan fingerprint density at radius 3 is 2.33 bits per heavy atom. The summed E-state index contributed by atoms with van der Waals surface area (Å²) in [6.45, 7) is -0.776. The number of ether oxygens (including phenoxy) is 1. The maximum Gasteiger partial charge on any atom is 0.416 e. The van der Waals surface area contributed by atoms with Gasteiger partial charge in [-0.15, -0.1) is 0 Å². The lowest BCUT2D eigenvalue weighted by atomic mass is 10.1. The van der Waals surface area contributed by atoms with E-state index in [-0.39, 0.29) is 36.5 Å². The van der Waals surface area contributed by atoms with Crippen LogP contribution in [0.1, 0.15) is 22.3 Å². The number of aromatic nitrogens is 4. The Kier molecular flexibility index (Phi) is 7.53. The van der Waals surface area contributed by atoms with Crippen LogP contribution in [0.5, 0.6) is 5.75 Å². The van der Waals surface area contributed by atoms with Crippen molar-refractivity contribution in [3.8, 4) is 17.0 Å². The second-order valence-corrected chi connectivity index (χ2v) is 9.28. The van der Waals surface area contributed by atoms with Gasteiger partial charge in [-0.25, -0.2) is 9.36 Å². The molecule has 0 radical (unpaired) electrons. The smallest absolute Gasteiger partial charge is 0.416 e. The molecule has 0 atom stereocenters. The van der Waals surface area contributed by atoms with Gasteiger partial charge in [0.15, 0.2) is 0 Å². The molecule has 3 aromatic heterocycles. The highest BCUT2D eigenvalue weighted by Gasteiger charge is 2.33. The van der Waals surface area contributed by atoms with Crippen molar-refractivity contribution in [1.82, 2.24) is 18.9 Å². The summed E-state index contributed by atoms with van der Waals surface area (Å²) >= 11 is 0. The highest BCUT2D eigenvalue weighted by atomic mass is 19.4. The first-order valence-electron chi connectivity index (χ1n) is 12.4. The van der Waals surface area contributed by atoms with E-state index >= 15 is 0 Å². The fourth-order valence-corrected chi connectivity index (χ4v) is 4.59. The van der Waals surface area contributed by atoms with Crippen LogP contribution in [0.4, 0.5) is 18.9 Å². The molecule has 0 unspecified atom stereocenters. The van der Waals surface area contributed by atoms with E-state index < -0.39 is 33.6 Å². The van der Waals surface area contributed by atoms with Crippen molar-refractivity contribution in [1.29, 1.82) is 0 Å². The highest BCUT2D eigenvalue weighted by molar-refractivity contribution is 5.68. The van der Waals surface area contributed by atoms with Crippen LogP contribution >= 0.6 is 0 Å². The molecule has 216 valence electrons. The molecule has 0 aliphatic rings. The topological polar surface area (TPSA) is 127 Å². The van der Waals surface area contributed by atoms with Crippen LogP contribution in [-0.2, 0) is 25.8 Å². The van der Waals surface area contributed by atoms with E-state index in [1.165, 1.54) is 44.0 Å². The van der Waals surface area contributed by atoms with Crippen molar-refractivity contribution in [3.05, 3.63) is 133 Å². The summed E-state index contributed by atoms with van der Waals surface area (Å²) in [5.41, 5.74) is -3.15. The Bertz CT molecular complexity index is 1850. The predicted molar refractivity (Wildman–Crippen MR) is 143 cm³/mol. The Balaban J connectivity index is 1.65. The molecule has 0 saturated carbocycles. The Labute approximate surface area is 234 Å². The molecule has 0 saturated heterocycles. The molecule has 5 rings (SSSR count). The normalized spacial score (nSPS) is 11.5. The Morgan fingerprint density at radius 2 is 1.69 bits per heavy atom. The standard InChI is InChI=1S/C28H22F3N5O6/c1-41-22-8-6-18(7-9-22)13-35-26(37)25(36(39)40)24(34(27(35)38)14-19-10-11-42-17-19)21-12-32-33(16-21)15-20-4-2-3-5-23(20)28(29,30)31/h2-12,16-17H,13-15H2,1H3. The van der Waals surface area contributed by atoms with Gasteiger partial charge in [0.1, 0.15) is 11.4 Å². The predicted octanol–water partition coefficient (Wildman–Crippen LogP) is 4.55. The van der Waals surface area contributed by atoms with Crippen molar-refractivity contribution in [2.24, 2.45) is 0 Å². The summed E-state index contributed by atoms with van der Waals surface area (Å²) < 4.78 is 53.8. The number of benzene rings is 2. The molecule has 5 aromatic rings. The third kappa shape index (κ3) is 5.59. The number of methoxy groups -OCH3 is 1. The molecule has 14 heteroatoms. The zero-order valence-electron chi connectivity index (χ0n) is 21.9. The van der Waals surface area contributed by atoms with Gasteiger partial charge < -0.3 is 9.15 Å². The van der Waals surface area contributed by atoms with Crippen LogP contribution in [0.25, 0.3) is 11.3 Å². The summed E-state index contributed by atoms with van der Waals surface area (Å²) in [7, 11) is 1.48. The first-order valence-corrected chi connectivity index (χ1v) is 12.4. The summed E-state index contributed by atoms with van der Waals surface area (Å²) in [6.07, 6.45) is 0.520. The molecule has 0 bridgehead atoms. The van der Waals surface area contributed by atoms with Gasteiger partial charge in [-0.2, -0.15) is 18.3 Å². The number of nitro groups is 1. The van der Waals surface area contributed by atoms with E-state index in [2.05, 4.69) is 5.10 Å². The van der Waals surface area contributed by atoms with Gasteiger partial charge in [-0.05, 0) is 35.4 Å². The van der Waals surface area contributed by atoms with Crippen LogP contribution in [0.15, 0.2) is 93.5 Å². The largest absolute Gasteiger partial charge is 0.497 e. The first kappa shape index (κ1) is 28.1. The average Bonchev–Trinajstić information content (AvgIpc) is 3.64. The van der Waals surface area contributed by atoms with E-state index in [1.807, 2.05) is 0 Å². The zero-order chi connectivity index (χ0) is 30.0. The maximum atomic E-state index is 13.8. The summed E-state index contributed by atoms with van der Waals surface area (Å²) in [4.78, 5) is 38.7. The van der Waals surface area contributed by atoms with Crippen molar-refractivity contribution in [3.63, 3.8) is 0 Å². The zero-order valence-corrected chi connectivity index (χ0v) is 21.9. The molecule has 0 N–H and O–H groups in total. The van der Waals surface area contributed by atoms with E-state index in [0.717, 1.165) is 26.1 Å². The lowest BCUT2D eigenvalue weighted by molar-refractivity contribution is -0.386. The molecule has 42 heavy (non-hydrogen) atoms. The van der Waals surface area contributed by atoms with Gasteiger partial charge in [0, 0.05) is 17.3 Å². The van der Waals surface area contributed by atoms with Crippen molar-refractivity contribution in [2.75, 3.05) is 7.11 Å². The number of rotatable bonds is 9. The second-order valence-electron chi connectivity index (χ2n) is 9.28. The van der Waals surface area contributed by atoms with Crippen molar-refractivity contribution in [2.45, 2.75) is 25.8 Å². The molecule has 0 spiro atoms. The average molecular weight is 582 g/mol. The number of furan rings is 1. The van der Waals surface area contributed by atoms with E-state index in [9.17, 15) is 32.9 Å². The van der Waals surface area contributed by atoms with E-state index in [1.54, 1.807) is 30.3 Å². The Hall–Kier alpha value is -5.40. The third-order valence-corrected chi connectivity index (χ3v) is 6.57. The lowest BCUT2D eigenvalue weighted by Crippen LogP contribution is -2.42. The first-order chi connectivity index (χ1) is 20.1. The molecule has 3 heterocycles. The second kappa shape index (κ2) is 11.2. The van der Waals surface area contributed by atoms with Gasteiger partial charge in [-0.1, -0.05) is 30.3 Å². The highest BCUT2D eigenvalue weighted by Crippen LogP contribution is 2.33. The monoisotopic (exact) mass is 581 g/mol. The quantitative estimate of drug-likeness (QED) is 0.185.